The quantitative estimate of drug-likeness (QED) is 0.812. The van der Waals surface area contributed by atoms with Crippen LogP contribution in [-0.2, 0) is 9.53 Å². The lowest BCUT2D eigenvalue weighted by atomic mass is 9.98. The van der Waals surface area contributed by atoms with Gasteiger partial charge in [0.05, 0.1) is 0 Å². The van der Waals surface area contributed by atoms with E-state index < -0.39 is 0 Å². The van der Waals surface area contributed by atoms with E-state index in [2.05, 4.69) is 9.88 Å². The summed E-state index contributed by atoms with van der Waals surface area (Å²) in [6, 6.07) is 5.54. The minimum Gasteiger partial charge on any atom is -0.381 e. The van der Waals surface area contributed by atoms with Crippen LogP contribution in [0.25, 0.3) is 0 Å². The van der Waals surface area contributed by atoms with Crippen molar-refractivity contribution in [2.45, 2.75) is 19.3 Å². The van der Waals surface area contributed by atoms with E-state index in [1.807, 2.05) is 17.0 Å². The first-order valence-electron chi connectivity index (χ1n) is 9.36. The molecular formula is C19H28N4O3. The Bertz CT molecular complexity index is 643. The molecule has 26 heavy (non-hydrogen) atoms. The Morgan fingerprint density at radius 2 is 1.88 bits per heavy atom. The maximum Gasteiger partial charge on any atom is 0.272 e. The Kier molecular flexibility index (Phi) is 6.08. The molecule has 2 amide bonds. The van der Waals surface area contributed by atoms with Crippen LogP contribution in [0, 0.1) is 5.92 Å². The molecule has 3 rings (SSSR count). The lowest BCUT2D eigenvalue weighted by Gasteiger charge is -2.28. The van der Waals surface area contributed by atoms with Gasteiger partial charge in [-0.05, 0) is 31.4 Å². The highest BCUT2D eigenvalue weighted by Gasteiger charge is 2.28. The summed E-state index contributed by atoms with van der Waals surface area (Å²) in [4.78, 5) is 35.1. The fourth-order valence-electron chi connectivity index (χ4n) is 3.52. The standard InChI is InChI=1S/C19H28N4O3/c1-21(2)19(25)16-5-3-6-17(20-16)22-9-4-10-23(12-11-22)18(24)15-7-13-26-14-8-15/h3,5-6,15H,4,7-14H2,1-2H3. The summed E-state index contributed by atoms with van der Waals surface area (Å²) in [5.74, 6) is 1.07. The van der Waals surface area contributed by atoms with Crippen LogP contribution in [0.15, 0.2) is 18.2 Å². The monoisotopic (exact) mass is 360 g/mol. The predicted octanol–water partition coefficient (Wildman–Crippen LogP) is 1.25. The van der Waals surface area contributed by atoms with Crippen molar-refractivity contribution < 1.29 is 14.3 Å². The molecule has 7 heteroatoms. The second kappa shape index (κ2) is 8.49. The Hall–Kier alpha value is -2.15. The van der Waals surface area contributed by atoms with Gasteiger partial charge in [-0.1, -0.05) is 6.07 Å². The number of rotatable bonds is 3. The van der Waals surface area contributed by atoms with E-state index in [0.29, 0.717) is 25.5 Å². The summed E-state index contributed by atoms with van der Waals surface area (Å²) in [6.07, 6.45) is 2.56. The summed E-state index contributed by atoms with van der Waals surface area (Å²) in [5, 5.41) is 0. The Morgan fingerprint density at radius 3 is 2.62 bits per heavy atom. The number of aromatic nitrogens is 1. The van der Waals surface area contributed by atoms with Crippen LogP contribution in [0.3, 0.4) is 0 Å². The normalized spacial score (nSPS) is 19.2. The van der Waals surface area contributed by atoms with Crippen LogP contribution >= 0.6 is 0 Å². The maximum absolute atomic E-state index is 12.8. The molecule has 142 valence electrons. The summed E-state index contributed by atoms with van der Waals surface area (Å²) in [7, 11) is 3.45. The van der Waals surface area contributed by atoms with Gasteiger partial charge in [0, 0.05) is 59.4 Å². The van der Waals surface area contributed by atoms with E-state index in [1.165, 1.54) is 4.90 Å². The molecule has 2 aliphatic heterocycles. The summed E-state index contributed by atoms with van der Waals surface area (Å²) < 4.78 is 5.37. The topological polar surface area (TPSA) is 66.0 Å². The molecule has 0 aliphatic carbocycles. The van der Waals surface area contributed by atoms with Gasteiger partial charge in [0.25, 0.3) is 5.91 Å². The van der Waals surface area contributed by atoms with E-state index >= 15 is 0 Å². The Labute approximate surface area is 154 Å². The Morgan fingerprint density at radius 1 is 1.12 bits per heavy atom. The van der Waals surface area contributed by atoms with Crippen molar-refractivity contribution in [1.29, 1.82) is 0 Å². The fourth-order valence-corrected chi connectivity index (χ4v) is 3.52. The number of hydrogen-bond acceptors (Lipinski definition) is 5. The molecule has 0 spiro atoms. The van der Waals surface area contributed by atoms with Gasteiger partial charge in [0.1, 0.15) is 11.5 Å². The molecule has 7 nitrogen and oxygen atoms in total. The van der Waals surface area contributed by atoms with Crippen molar-refractivity contribution in [3.8, 4) is 0 Å². The fraction of sp³-hybridized carbons (Fsp3) is 0.632. The van der Waals surface area contributed by atoms with Crippen LogP contribution in [-0.4, -0.2) is 80.1 Å². The van der Waals surface area contributed by atoms with Gasteiger partial charge in [-0.25, -0.2) is 4.98 Å². The number of anilines is 1. The van der Waals surface area contributed by atoms with Crippen molar-refractivity contribution in [1.82, 2.24) is 14.8 Å². The van der Waals surface area contributed by atoms with Gasteiger partial charge in [-0.15, -0.1) is 0 Å². The molecule has 1 aromatic heterocycles. The van der Waals surface area contributed by atoms with Crippen molar-refractivity contribution in [2.24, 2.45) is 5.92 Å². The van der Waals surface area contributed by atoms with Crippen molar-refractivity contribution in [3.63, 3.8) is 0 Å². The van der Waals surface area contributed by atoms with Crippen LogP contribution in [0.2, 0.25) is 0 Å². The van der Waals surface area contributed by atoms with Crippen LogP contribution < -0.4 is 4.90 Å². The number of nitrogens with zero attached hydrogens (tertiary/aromatic N) is 4. The first kappa shape index (κ1) is 18.6. The summed E-state index contributed by atoms with van der Waals surface area (Å²) in [5.41, 5.74) is 0.451. The van der Waals surface area contributed by atoms with Crippen molar-refractivity contribution >= 4 is 17.6 Å². The highest BCUT2D eigenvalue weighted by Crippen LogP contribution is 2.20. The van der Waals surface area contributed by atoms with Crippen molar-refractivity contribution in [2.75, 3.05) is 58.4 Å². The molecule has 2 aliphatic rings. The lowest BCUT2D eigenvalue weighted by Crippen LogP contribution is -2.40. The zero-order chi connectivity index (χ0) is 18.5. The zero-order valence-electron chi connectivity index (χ0n) is 15.7. The van der Waals surface area contributed by atoms with Gasteiger partial charge < -0.3 is 19.4 Å². The van der Waals surface area contributed by atoms with Gasteiger partial charge in [0.15, 0.2) is 0 Å². The minimum absolute atomic E-state index is 0.0991. The summed E-state index contributed by atoms with van der Waals surface area (Å²) in [6.45, 7) is 4.43. The molecule has 0 aromatic carbocycles. The zero-order valence-corrected chi connectivity index (χ0v) is 15.7. The minimum atomic E-state index is -0.0991. The van der Waals surface area contributed by atoms with Crippen LogP contribution in [0.5, 0.6) is 0 Å². The highest BCUT2D eigenvalue weighted by molar-refractivity contribution is 5.92. The molecule has 0 unspecified atom stereocenters. The van der Waals surface area contributed by atoms with E-state index in [-0.39, 0.29) is 17.7 Å². The molecule has 1 aromatic rings. The van der Waals surface area contributed by atoms with Gasteiger partial charge in [0.2, 0.25) is 5.91 Å². The van der Waals surface area contributed by atoms with Gasteiger partial charge in [-0.2, -0.15) is 0 Å². The average molecular weight is 360 g/mol. The third-order valence-electron chi connectivity index (χ3n) is 5.06. The second-order valence-corrected chi connectivity index (χ2v) is 7.13. The van der Waals surface area contributed by atoms with Crippen molar-refractivity contribution in [3.05, 3.63) is 23.9 Å². The molecule has 0 bridgehead atoms. The molecule has 2 fully saturated rings. The second-order valence-electron chi connectivity index (χ2n) is 7.13. The molecular weight excluding hydrogens is 332 g/mol. The maximum atomic E-state index is 12.8. The van der Waals surface area contributed by atoms with E-state index in [9.17, 15) is 9.59 Å². The molecule has 0 saturated carbocycles. The average Bonchev–Trinajstić information content (AvgIpc) is 2.94. The molecule has 3 heterocycles. The highest BCUT2D eigenvalue weighted by atomic mass is 16.5. The predicted molar refractivity (Wildman–Crippen MR) is 99.2 cm³/mol. The van der Waals surface area contributed by atoms with Crippen LogP contribution in [0.4, 0.5) is 5.82 Å². The number of hydrogen-bond donors (Lipinski definition) is 0. The van der Waals surface area contributed by atoms with E-state index in [1.54, 1.807) is 20.2 Å². The third kappa shape index (κ3) is 4.33. The van der Waals surface area contributed by atoms with E-state index in [4.69, 9.17) is 4.74 Å². The molecule has 2 saturated heterocycles. The first-order chi connectivity index (χ1) is 12.6. The lowest BCUT2D eigenvalue weighted by molar-refractivity contribution is -0.138. The van der Waals surface area contributed by atoms with Gasteiger partial charge in [-0.3, -0.25) is 9.59 Å². The van der Waals surface area contributed by atoms with Gasteiger partial charge >= 0.3 is 0 Å². The smallest absolute Gasteiger partial charge is 0.272 e. The summed E-state index contributed by atoms with van der Waals surface area (Å²) >= 11 is 0. The Balaban J connectivity index is 1.64. The number of amides is 2. The number of carbonyl (C=O) groups is 2. The SMILES string of the molecule is CN(C)C(=O)c1cccc(N2CCCN(C(=O)C3CCOCC3)CC2)n1. The first-order valence-corrected chi connectivity index (χ1v) is 9.36. The number of carbonyl (C=O) groups excluding carboxylic acids is 2. The molecule has 0 atom stereocenters. The molecule has 0 N–H and O–H groups in total. The number of pyridine rings is 1. The molecule has 0 radical (unpaired) electrons. The van der Waals surface area contributed by atoms with E-state index in [0.717, 1.165) is 44.7 Å². The van der Waals surface area contributed by atoms with Crippen LogP contribution in [0.1, 0.15) is 29.8 Å². The largest absolute Gasteiger partial charge is 0.381 e. The third-order valence-corrected chi connectivity index (χ3v) is 5.06. The number of ether oxygens (including phenoxy) is 1.